The quantitative estimate of drug-likeness (QED) is 0.344. The highest BCUT2D eigenvalue weighted by Gasteiger charge is 2.29. The number of esters is 1. The van der Waals surface area contributed by atoms with Gasteiger partial charge in [0.05, 0.1) is 22.6 Å². The molecule has 11 heteroatoms. The standard InChI is InChI=1S/C20H21ClN2O7S/c1-29-18-8-6-16(23(25)26)11-15(18)13-30-20(24)14-5-7-17(21)19(12-14)31(27,28)22-9-3-2-4-10-22/h5-8,11-12H,2-4,9-10,13H2,1H3. The van der Waals surface area contributed by atoms with Crippen molar-refractivity contribution in [2.45, 2.75) is 30.8 Å². The molecule has 0 bridgehead atoms. The van der Waals surface area contributed by atoms with Crippen LogP contribution < -0.4 is 4.74 Å². The van der Waals surface area contributed by atoms with Gasteiger partial charge < -0.3 is 9.47 Å². The van der Waals surface area contributed by atoms with Crippen molar-refractivity contribution >= 4 is 33.3 Å². The van der Waals surface area contributed by atoms with Crippen molar-refractivity contribution < 1.29 is 27.6 Å². The Balaban J connectivity index is 1.81. The van der Waals surface area contributed by atoms with E-state index in [1.54, 1.807) is 0 Å². The molecule has 0 aromatic heterocycles. The van der Waals surface area contributed by atoms with E-state index in [9.17, 15) is 23.3 Å². The first kappa shape index (κ1) is 23.0. The highest BCUT2D eigenvalue weighted by molar-refractivity contribution is 7.89. The fourth-order valence-electron chi connectivity index (χ4n) is 3.29. The van der Waals surface area contributed by atoms with E-state index in [0.29, 0.717) is 24.4 Å². The van der Waals surface area contributed by atoms with Gasteiger partial charge in [-0.1, -0.05) is 18.0 Å². The smallest absolute Gasteiger partial charge is 0.338 e. The molecule has 1 heterocycles. The van der Waals surface area contributed by atoms with Crippen LogP contribution in [0.5, 0.6) is 5.75 Å². The van der Waals surface area contributed by atoms with E-state index >= 15 is 0 Å². The van der Waals surface area contributed by atoms with Gasteiger partial charge in [-0.15, -0.1) is 0 Å². The molecule has 166 valence electrons. The molecule has 0 unspecified atom stereocenters. The number of hydrogen-bond donors (Lipinski definition) is 0. The molecule has 0 atom stereocenters. The van der Waals surface area contributed by atoms with E-state index in [0.717, 1.165) is 19.3 Å². The maximum absolute atomic E-state index is 13.0. The van der Waals surface area contributed by atoms with Crippen LogP contribution in [0.4, 0.5) is 5.69 Å². The fraction of sp³-hybridized carbons (Fsp3) is 0.350. The van der Waals surface area contributed by atoms with E-state index in [2.05, 4.69) is 0 Å². The molecule has 9 nitrogen and oxygen atoms in total. The van der Waals surface area contributed by atoms with Crippen molar-refractivity contribution in [1.82, 2.24) is 4.31 Å². The van der Waals surface area contributed by atoms with Crippen molar-refractivity contribution in [2.24, 2.45) is 0 Å². The Morgan fingerprint density at radius 1 is 1.16 bits per heavy atom. The zero-order valence-corrected chi connectivity index (χ0v) is 18.3. The van der Waals surface area contributed by atoms with Crippen LogP contribution in [0, 0.1) is 10.1 Å². The monoisotopic (exact) mass is 468 g/mol. The molecule has 0 radical (unpaired) electrons. The number of rotatable bonds is 7. The minimum absolute atomic E-state index is 0.00406. The average Bonchev–Trinajstić information content (AvgIpc) is 2.77. The third kappa shape index (κ3) is 5.15. The zero-order valence-electron chi connectivity index (χ0n) is 16.7. The van der Waals surface area contributed by atoms with E-state index in [1.807, 2.05) is 0 Å². The molecule has 1 fully saturated rings. The lowest BCUT2D eigenvalue weighted by atomic mass is 10.2. The summed E-state index contributed by atoms with van der Waals surface area (Å²) >= 11 is 6.13. The SMILES string of the molecule is COc1ccc([N+](=O)[O-])cc1COC(=O)c1ccc(Cl)c(S(=O)(=O)N2CCCCC2)c1. The van der Waals surface area contributed by atoms with Crippen LogP contribution in [0.25, 0.3) is 0 Å². The number of piperidine rings is 1. The van der Waals surface area contributed by atoms with Crippen molar-refractivity contribution in [3.63, 3.8) is 0 Å². The average molecular weight is 469 g/mol. The lowest BCUT2D eigenvalue weighted by Crippen LogP contribution is -2.35. The molecule has 3 rings (SSSR count). The second-order valence-corrected chi connectivity index (χ2v) is 9.25. The first-order valence-electron chi connectivity index (χ1n) is 9.52. The summed E-state index contributed by atoms with van der Waals surface area (Å²) in [5, 5.41) is 11.0. The van der Waals surface area contributed by atoms with Gasteiger partial charge in [0.2, 0.25) is 10.0 Å². The number of carbonyl (C=O) groups is 1. The van der Waals surface area contributed by atoms with Crippen LogP contribution in [0.15, 0.2) is 41.3 Å². The van der Waals surface area contributed by atoms with Gasteiger partial charge in [-0.25, -0.2) is 13.2 Å². The second-order valence-electron chi connectivity index (χ2n) is 6.94. The molecule has 0 spiro atoms. The summed E-state index contributed by atoms with van der Waals surface area (Å²) in [6, 6.07) is 7.83. The number of methoxy groups -OCH3 is 1. The lowest BCUT2D eigenvalue weighted by molar-refractivity contribution is -0.385. The first-order chi connectivity index (χ1) is 14.7. The van der Waals surface area contributed by atoms with E-state index in [4.69, 9.17) is 21.1 Å². The summed E-state index contributed by atoms with van der Waals surface area (Å²) < 4.78 is 37.7. The lowest BCUT2D eigenvalue weighted by Gasteiger charge is -2.26. The van der Waals surface area contributed by atoms with Gasteiger partial charge in [0.1, 0.15) is 17.3 Å². The number of halogens is 1. The number of hydrogen-bond acceptors (Lipinski definition) is 7. The molecule has 1 aliphatic rings. The number of nitro groups is 1. The van der Waals surface area contributed by atoms with E-state index < -0.39 is 20.9 Å². The van der Waals surface area contributed by atoms with Crippen LogP contribution in [0.1, 0.15) is 35.2 Å². The van der Waals surface area contributed by atoms with Gasteiger partial charge in [-0.05, 0) is 37.1 Å². The van der Waals surface area contributed by atoms with Crippen molar-refractivity contribution in [3.05, 3.63) is 62.7 Å². The summed E-state index contributed by atoms with van der Waals surface area (Å²) in [6.45, 7) is 0.514. The Kier molecular flexibility index (Phi) is 7.14. The van der Waals surface area contributed by atoms with Crippen molar-refractivity contribution in [1.29, 1.82) is 0 Å². The molecule has 0 N–H and O–H groups in total. The highest BCUT2D eigenvalue weighted by Crippen LogP contribution is 2.29. The van der Waals surface area contributed by atoms with Crippen LogP contribution in [-0.4, -0.2) is 43.8 Å². The Labute approximate surface area is 184 Å². The molecule has 1 saturated heterocycles. The highest BCUT2D eigenvalue weighted by atomic mass is 35.5. The van der Waals surface area contributed by atoms with Gasteiger partial charge >= 0.3 is 5.97 Å². The van der Waals surface area contributed by atoms with Gasteiger partial charge in [0.25, 0.3) is 5.69 Å². The second kappa shape index (κ2) is 9.63. The molecule has 0 aliphatic carbocycles. The first-order valence-corrected chi connectivity index (χ1v) is 11.3. The number of ether oxygens (including phenoxy) is 2. The molecular formula is C20H21ClN2O7S. The van der Waals surface area contributed by atoms with Crippen molar-refractivity contribution in [2.75, 3.05) is 20.2 Å². The Morgan fingerprint density at radius 3 is 2.52 bits per heavy atom. The molecule has 31 heavy (non-hydrogen) atoms. The van der Waals surface area contributed by atoms with Crippen LogP contribution >= 0.6 is 11.6 Å². The van der Waals surface area contributed by atoms with Crippen molar-refractivity contribution in [3.8, 4) is 5.75 Å². The normalized spacial score (nSPS) is 14.8. The third-order valence-corrected chi connectivity index (χ3v) is 7.31. The van der Waals surface area contributed by atoms with Gasteiger partial charge in [-0.3, -0.25) is 10.1 Å². The summed E-state index contributed by atoms with van der Waals surface area (Å²) in [5.41, 5.74) is 0.137. The molecule has 2 aromatic rings. The molecule has 0 saturated carbocycles. The predicted octanol–water partition coefficient (Wildman–Crippen LogP) is 3.79. The third-order valence-electron chi connectivity index (χ3n) is 4.93. The maximum Gasteiger partial charge on any atom is 0.338 e. The number of carbonyl (C=O) groups excluding carboxylic acids is 1. The Morgan fingerprint density at radius 2 is 1.87 bits per heavy atom. The van der Waals surface area contributed by atoms with Crippen LogP contribution in [-0.2, 0) is 21.4 Å². The number of non-ortho nitro benzene ring substituents is 1. The Bertz CT molecular complexity index is 1100. The molecule has 0 amide bonds. The number of nitro benzene ring substituents is 1. The number of benzene rings is 2. The zero-order chi connectivity index (χ0) is 22.6. The summed E-state index contributed by atoms with van der Waals surface area (Å²) in [7, 11) is -2.45. The summed E-state index contributed by atoms with van der Waals surface area (Å²) in [5.74, 6) is -0.469. The molecule has 1 aliphatic heterocycles. The van der Waals surface area contributed by atoms with Gasteiger partial charge in [0, 0.05) is 30.8 Å². The minimum atomic E-state index is -3.84. The summed E-state index contributed by atoms with van der Waals surface area (Å²) in [6.07, 6.45) is 2.50. The fourth-order valence-corrected chi connectivity index (χ4v) is 5.31. The minimum Gasteiger partial charge on any atom is -0.496 e. The van der Waals surface area contributed by atoms with E-state index in [-0.39, 0.29) is 27.8 Å². The molecular weight excluding hydrogens is 448 g/mol. The van der Waals surface area contributed by atoms with Crippen LogP contribution in [0.2, 0.25) is 5.02 Å². The molecule has 2 aromatic carbocycles. The Hall–Kier alpha value is -2.69. The number of sulfonamides is 1. The topological polar surface area (TPSA) is 116 Å². The largest absolute Gasteiger partial charge is 0.496 e. The number of nitrogens with zero attached hydrogens (tertiary/aromatic N) is 2. The summed E-state index contributed by atoms with van der Waals surface area (Å²) in [4.78, 5) is 22.8. The van der Waals surface area contributed by atoms with Gasteiger partial charge in [-0.2, -0.15) is 4.31 Å². The van der Waals surface area contributed by atoms with E-state index in [1.165, 1.54) is 47.8 Å². The maximum atomic E-state index is 13.0. The van der Waals surface area contributed by atoms with Gasteiger partial charge in [0.15, 0.2) is 0 Å². The predicted molar refractivity (Wildman–Crippen MR) is 113 cm³/mol. The van der Waals surface area contributed by atoms with Crippen LogP contribution in [0.3, 0.4) is 0 Å².